The van der Waals surface area contributed by atoms with Crippen molar-refractivity contribution in [1.82, 2.24) is 50.4 Å². The fraction of sp³-hybridized carbons (Fsp3) is 0.483. The summed E-state index contributed by atoms with van der Waals surface area (Å²) in [4.78, 5) is 59.2. The van der Waals surface area contributed by atoms with Crippen molar-refractivity contribution in [2.75, 3.05) is 88.4 Å². The van der Waals surface area contributed by atoms with E-state index in [1.807, 2.05) is 69.6 Å². The summed E-state index contributed by atoms with van der Waals surface area (Å²) in [7, 11) is 0. The van der Waals surface area contributed by atoms with Gasteiger partial charge in [0.2, 0.25) is 11.8 Å². The van der Waals surface area contributed by atoms with Gasteiger partial charge < -0.3 is 44.6 Å². The molecule has 4 aromatic heterocycles. The van der Waals surface area contributed by atoms with Crippen molar-refractivity contribution in [2.24, 2.45) is 11.8 Å². The van der Waals surface area contributed by atoms with Crippen LogP contribution in [-0.2, 0) is 16.0 Å². The Labute approximate surface area is 464 Å². The Morgan fingerprint density at radius 1 is 0.924 bits per heavy atom. The highest BCUT2D eigenvalue weighted by molar-refractivity contribution is 7.13. The normalized spacial score (nSPS) is 20.8. The van der Waals surface area contributed by atoms with Crippen molar-refractivity contribution in [1.29, 1.82) is 0 Å². The number of carbonyl (C=O) groups excluding carboxylic acids is 2. The first kappa shape index (κ1) is 52.9. The Balaban J connectivity index is 0.636. The Hall–Kier alpha value is -6.80. The van der Waals surface area contributed by atoms with E-state index in [-0.39, 0.29) is 46.7 Å². The Morgan fingerprint density at radius 3 is 2.43 bits per heavy atom. The lowest BCUT2D eigenvalue weighted by molar-refractivity contribution is -0.141. The van der Waals surface area contributed by atoms with Crippen LogP contribution in [0.2, 0.25) is 0 Å². The number of piperazine rings is 2. The number of anilines is 2. The van der Waals surface area contributed by atoms with Crippen LogP contribution < -0.4 is 25.2 Å². The minimum atomic E-state index is -0.563. The number of benzene rings is 3. The molecule has 3 aromatic carbocycles. The molecule has 12 rings (SSSR count). The smallest absolute Gasteiger partial charge is 0.319 e. The highest BCUT2D eigenvalue weighted by Crippen LogP contribution is 2.40. The van der Waals surface area contributed by atoms with E-state index in [0.29, 0.717) is 66.6 Å². The molecule has 414 valence electrons. The molecule has 5 aliphatic heterocycles. The number of pyridine rings is 1. The van der Waals surface area contributed by atoms with Gasteiger partial charge >= 0.3 is 6.01 Å². The first-order chi connectivity index (χ1) is 38.3. The molecular formula is C60H71FN12O5S. The van der Waals surface area contributed by atoms with Crippen LogP contribution in [0, 0.1) is 24.6 Å². The van der Waals surface area contributed by atoms with Crippen LogP contribution in [0.25, 0.3) is 43.4 Å². The molecular weight excluding hydrogens is 1020 g/mol. The maximum absolute atomic E-state index is 17.1. The number of likely N-dealkylation sites (tertiary alicyclic amines) is 1. The van der Waals surface area contributed by atoms with E-state index in [2.05, 4.69) is 59.4 Å². The Bertz CT molecular complexity index is 3350. The van der Waals surface area contributed by atoms with Gasteiger partial charge in [-0.3, -0.25) is 19.5 Å². The maximum atomic E-state index is 17.1. The van der Waals surface area contributed by atoms with Gasteiger partial charge in [-0.25, -0.2) is 9.37 Å². The van der Waals surface area contributed by atoms with Gasteiger partial charge in [-0.2, -0.15) is 9.97 Å². The van der Waals surface area contributed by atoms with Gasteiger partial charge in [-0.15, -0.1) is 11.3 Å². The number of phenols is 1. The zero-order valence-electron chi connectivity index (χ0n) is 45.8. The van der Waals surface area contributed by atoms with E-state index >= 15 is 4.39 Å². The molecule has 2 bridgehead atoms. The number of hydrogen-bond donors (Lipinski definition) is 3. The van der Waals surface area contributed by atoms with E-state index in [9.17, 15) is 14.7 Å². The van der Waals surface area contributed by atoms with Crippen LogP contribution >= 0.6 is 11.3 Å². The van der Waals surface area contributed by atoms with Crippen LogP contribution in [0.4, 0.5) is 16.0 Å². The maximum Gasteiger partial charge on any atom is 0.319 e. The predicted octanol–water partition coefficient (Wildman–Crippen LogP) is 8.35. The van der Waals surface area contributed by atoms with Crippen LogP contribution in [0.15, 0.2) is 76.9 Å². The number of nitrogens with zero attached hydrogens (tertiary/aromatic N) is 10. The van der Waals surface area contributed by atoms with E-state index in [4.69, 9.17) is 24.2 Å². The zero-order valence-corrected chi connectivity index (χ0v) is 46.6. The van der Waals surface area contributed by atoms with Crippen LogP contribution in [0.1, 0.15) is 87.9 Å². The number of nitrogens with one attached hydrogen (secondary N) is 2. The summed E-state index contributed by atoms with van der Waals surface area (Å²) < 4.78 is 29.4. The standard InChI is InChI=1S/C60H71FN12O5S/c1-6-39-9-7-10-42-25-45(74)26-46(52(39)42)54-53(61)55-47(28-62-54)57(72-32-43-16-17-44(33-72)65-43)67-60(66-55)77-24-23-69-19-21-70(22-20-69)29-38-30-71(31-38)50-27-49(78-68-50)51(35(2)3)59(76)73-18-8-11-48(73)58(75)64-36(4)40-12-14-41(15-13-40)56-37(5)63-34-79-56/h7,9-10,12-15,25-28,34-36,38,43-44,48,51,65,74H,6,8,11,16-24,29-33H2,1-5H3,(H,64,75). The second-order valence-corrected chi connectivity index (χ2v) is 23.7. The molecule has 5 aliphatic rings. The number of ether oxygens (including phenoxy) is 1. The second kappa shape index (κ2) is 22.4. The quantitative estimate of drug-likeness (QED) is 0.0791. The van der Waals surface area contributed by atoms with Crippen LogP contribution in [0.3, 0.4) is 0 Å². The number of rotatable bonds is 17. The lowest BCUT2D eigenvalue weighted by Gasteiger charge is -2.43. The van der Waals surface area contributed by atoms with Crippen molar-refractivity contribution >= 4 is 56.5 Å². The molecule has 19 heteroatoms. The average Bonchev–Trinajstić information content (AvgIpc) is 4.43. The van der Waals surface area contributed by atoms with Gasteiger partial charge in [0.05, 0.1) is 27.5 Å². The third-order valence-electron chi connectivity index (χ3n) is 17.1. The molecule has 5 saturated heterocycles. The van der Waals surface area contributed by atoms with E-state index in [1.165, 1.54) is 0 Å². The predicted molar refractivity (Wildman–Crippen MR) is 305 cm³/mol. The number of aromatic nitrogens is 5. The first-order valence-electron chi connectivity index (χ1n) is 28.4. The minimum absolute atomic E-state index is 0.0462. The fourth-order valence-corrected chi connectivity index (χ4v) is 13.7. The van der Waals surface area contributed by atoms with Crippen molar-refractivity contribution in [2.45, 2.75) is 96.8 Å². The van der Waals surface area contributed by atoms with Crippen molar-refractivity contribution in [3.05, 3.63) is 101 Å². The number of aromatic hydroxyl groups is 1. The largest absolute Gasteiger partial charge is 0.508 e. The topological polar surface area (TPSA) is 181 Å². The molecule has 5 unspecified atom stereocenters. The van der Waals surface area contributed by atoms with Crippen LogP contribution in [-0.4, -0.2) is 153 Å². The molecule has 0 saturated carbocycles. The number of phenolic OH excluding ortho intramolecular Hbond substituents is 1. The molecule has 5 atom stereocenters. The van der Waals surface area contributed by atoms with Gasteiger partial charge in [0.15, 0.2) is 17.4 Å². The van der Waals surface area contributed by atoms with E-state index in [0.717, 1.165) is 128 Å². The number of hydrogen-bond acceptors (Lipinski definition) is 16. The third kappa shape index (κ3) is 10.7. The number of amides is 2. The summed E-state index contributed by atoms with van der Waals surface area (Å²) in [5.74, 6) is 1.02. The van der Waals surface area contributed by atoms with Crippen molar-refractivity contribution in [3.63, 3.8) is 0 Å². The monoisotopic (exact) mass is 1090 g/mol. The lowest BCUT2D eigenvalue weighted by atomic mass is 9.91. The molecule has 9 heterocycles. The molecule has 0 aliphatic carbocycles. The minimum Gasteiger partial charge on any atom is -0.508 e. The third-order valence-corrected chi connectivity index (χ3v) is 18.1. The summed E-state index contributed by atoms with van der Waals surface area (Å²) >= 11 is 1.62. The number of carbonyl (C=O) groups is 2. The van der Waals surface area contributed by atoms with Gasteiger partial charge in [0.1, 0.15) is 41.3 Å². The zero-order chi connectivity index (χ0) is 54.5. The van der Waals surface area contributed by atoms with Gasteiger partial charge in [-0.1, -0.05) is 68.4 Å². The van der Waals surface area contributed by atoms with Gasteiger partial charge in [0, 0.05) is 108 Å². The molecule has 7 aromatic rings. The molecule has 3 N–H and O–H groups in total. The SMILES string of the molecule is CCc1cccc2cc(O)cc(-c3ncc4c(N5CC6CCC(C5)N6)nc(OCCN5CCN(CC6CN(c7cc(C(C(=O)N8CCCC8C(=O)NC(C)c8ccc(-c9scnc9C)cc8)C(C)C)on7)C6)CC5)nc4c3F)c12. The summed E-state index contributed by atoms with van der Waals surface area (Å²) in [6.45, 7) is 19.5. The number of thiazole rings is 1. The average molecular weight is 1090 g/mol. The number of halogens is 1. The molecule has 0 spiro atoms. The highest BCUT2D eigenvalue weighted by atomic mass is 32.1. The Kier molecular flexibility index (Phi) is 15.0. The van der Waals surface area contributed by atoms with Gasteiger partial charge in [0.25, 0.3) is 0 Å². The molecule has 79 heavy (non-hydrogen) atoms. The summed E-state index contributed by atoms with van der Waals surface area (Å²) in [5, 5.41) is 24.3. The summed E-state index contributed by atoms with van der Waals surface area (Å²) in [6, 6.07) is 19.4. The van der Waals surface area contributed by atoms with Crippen molar-refractivity contribution in [3.8, 4) is 33.5 Å². The fourth-order valence-electron chi connectivity index (χ4n) is 12.8. The lowest BCUT2D eigenvalue weighted by Crippen LogP contribution is -2.55. The van der Waals surface area contributed by atoms with Gasteiger partial charge in [-0.05, 0) is 91.5 Å². The van der Waals surface area contributed by atoms with E-state index in [1.54, 1.807) is 34.6 Å². The number of aryl methyl sites for hydroxylation is 2. The van der Waals surface area contributed by atoms with E-state index < -0.39 is 17.8 Å². The highest BCUT2D eigenvalue weighted by Gasteiger charge is 2.42. The molecule has 5 fully saturated rings. The molecule has 0 radical (unpaired) electrons. The summed E-state index contributed by atoms with van der Waals surface area (Å²) in [6.07, 6.45) is 5.98. The van der Waals surface area contributed by atoms with Crippen molar-refractivity contribution < 1.29 is 28.3 Å². The second-order valence-electron chi connectivity index (χ2n) is 22.8. The van der Waals surface area contributed by atoms with Crippen LogP contribution in [0.5, 0.6) is 11.8 Å². The Morgan fingerprint density at radius 2 is 1.70 bits per heavy atom. The molecule has 2 amide bonds. The first-order valence-corrected chi connectivity index (χ1v) is 29.3. The number of fused-ring (bicyclic) bond motifs is 4. The molecule has 17 nitrogen and oxygen atoms in total. The summed E-state index contributed by atoms with van der Waals surface area (Å²) in [5.41, 5.74) is 6.83.